The maximum Gasteiger partial charge on any atom is 0.200 e. The van der Waals surface area contributed by atoms with E-state index in [1.54, 1.807) is 18.0 Å². The Balaban J connectivity index is 1.56. The SMILES string of the molecule is C=CCn1c(SCc2cc(Cl)c3c(c2)OCCCO3)nnc1-c1ccco1. The third kappa shape index (κ3) is 3.84. The van der Waals surface area contributed by atoms with Gasteiger partial charge < -0.3 is 13.9 Å². The Kier molecular flexibility index (Phi) is 5.40. The van der Waals surface area contributed by atoms with Gasteiger partial charge in [-0.2, -0.15) is 0 Å². The number of furan rings is 1. The molecule has 0 radical (unpaired) electrons. The fraction of sp³-hybridized carbons (Fsp3) is 0.263. The Bertz CT molecular complexity index is 940. The molecule has 0 fully saturated rings. The summed E-state index contributed by atoms with van der Waals surface area (Å²) in [5.41, 5.74) is 1.03. The summed E-state index contributed by atoms with van der Waals surface area (Å²) in [5.74, 6) is 3.34. The van der Waals surface area contributed by atoms with Gasteiger partial charge in [0, 0.05) is 18.7 Å². The maximum atomic E-state index is 6.38. The number of aromatic nitrogens is 3. The van der Waals surface area contributed by atoms with E-state index < -0.39 is 0 Å². The highest BCUT2D eigenvalue weighted by molar-refractivity contribution is 7.98. The standard InChI is InChI=1S/C19H18ClN3O3S/c1-2-6-23-18(15-5-3-7-24-15)21-22-19(23)27-12-13-10-14(20)17-16(11-13)25-8-4-9-26-17/h2-3,5,7,10-11H,1,4,6,8-9,12H2. The summed E-state index contributed by atoms with van der Waals surface area (Å²) in [4.78, 5) is 0. The number of benzene rings is 1. The van der Waals surface area contributed by atoms with Crippen LogP contribution in [0, 0.1) is 0 Å². The maximum absolute atomic E-state index is 6.38. The third-order valence-corrected chi connectivity index (χ3v) is 5.32. The van der Waals surface area contributed by atoms with Crippen molar-refractivity contribution in [1.29, 1.82) is 0 Å². The minimum absolute atomic E-state index is 0.564. The second-order valence-electron chi connectivity index (χ2n) is 5.93. The van der Waals surface area contributed by atoms with Crippen molar-refractivity contribution in [1.82, 2.24) is 14.8 Å². The zero-order valence-electron chi connectivity index (χ0n) is 14.6. The number of allylic oxidation sites excluding steroid dienone is 1. The zero-order valence-corrected chi connectivity index (χ0v) is 16.1. The Labute approximate surface area is 166 Å². The van der Waals surface area contributed by atoms with Gasteiger partial charge in [-0.25, -0.2) is 0 Å². The lowest BCUT2D eigenvalue weighted by Gasteiger charge is -2.11. The van der Waals surface area contributed by atoms with Gasteiger partial charge in [0.1, 0.15) is 0 Å². The number of fused-ring (bicyclic) bond motifs is 1. The largest absolute Gasteiger partial charge is 0.489 e. The van der Waals surface area contributed by atoms with Gasteiger partial charge in [-0.05, 0) is 29.8 Å². The molecule has 2 aromatic heterocycles. The predicted molar refractivity (Wildman–Crippen MR) is 105 cm³/mol. The highest BCUT2D eigenvalue weighted by Crippen LogP contribution is 2.39. The van der Waals surface area contributed by atoms with Crippen molar-refractivity contribution in [2.45, 2.75) is 23.9 Å². The van der Waals surface area contributed by atoms with Crippen LogP contribution in [0.2, 0.25) is 5.02 Å². The average Bonchev–Trinajstić information content (AvgIpc) is 3.25. The first-order chi connectivity index (χ1) is 13.3. The molecule has 1 aliphatic rings. The summed E-state index contributed by atoms with van der Waals surface area (Å²) in [6, 6.07) is 7.57. The molecule has 0 spiro atoms. The molecule has 1 aromatic carbocycles. The zero-order chi connectivity index (χ0) is 18.6. The molecule has 0 N–H and O–H groups in total. The van der Waals surface area contributed by atoms with E-state index in [9.17, 15) is 0 Å². The van der Waals surface area contributed by atoms with Gasteiger partial charge in [0.2, 0.25) is 5.82 Å². The molecule has 0 unspecified atom stereocenters. The molecule has 0 saturated carbocycles. The molecule has 0 saturated heterocycles. The van der Waals surface area contributed by atoms with Crippen LogP contribution in [0.25, 0.3) is 11.6 Å². The Morgan fingerprint density at radius 3 is 2.96 bits per heavy atom. The van der Waals surface area contributed by atoms with Crippen molar-refractivity contribution in [2.24, 2.45) is 0 Å². The number of thioether (sulfide) groups is 1. The fourth-order valence-corrected chi connectivity index (χ4v) is 3.96. The first kappa shape index (κ1) is 18.0. The van der Waals surface area contributed by atoms with E-state index >= 15 is 0 Å². The summed E-state index contributed by atoms with van der Waals surface area (Å²) in [7, 11) is 0. The van der Waals surface area contributed by atoms with Crippen molar-refractivity contribution >= 4 is 23.4 Å². The Morgan fingerprint density at radius 1 is 1.26 bits per heavy atom. The molecule has 27 heavy (non-hydrogen) atoms. The number of ether oxygens (including phenoxy) is 2. The smallest absolute Gasteiger partial charge is 0.200 e. The van der Waals surface area contributed by atoms with E-state index in [0.29, 0.717) is 53.6 Å². The van der Waals surface area contributed by atoms with Crippen LogP contribution in [0.15, 0.2) is 52.8 Å². The number of nitrogens with zero attached hydrogens (tertiary/aromatic N) is 3. The molecule has 0 bridgehead atoms. The van der Waals surface area contributed by atoms with Gasteiger partial charge in [-0.3, -0.25) is 4.57 Å². The van der Waals surface area contributed by atoms with Gasteiger partial charge in [0.05, 0.1) is 24.5 Å². The number of rotatable bonds is 6. The molecule has 140 valence electrons. The molecule has 8 heteroatoms. The summed E-state index contributed by atoms with van der Waals surface area (Å²) in [6.45, 7) is 5.65. The van der Waals surface area contributed by atoms with Crippen LogP contribution in [0.3, 0.4) is 0 Å². The summed E-state index contributed by atoms with van der Waals surface area (Å²) < 4.78 is 18.9. The second kappa shape index (κ2) is 8.10. The summed E-state index contributed by atoms with van der Waals surface area (Å²) >= 11 is 7.95. The van der Waals surface area contributed by atoms with Crippen LogP contribution in [0.1, 0.15) is 12.0 Å². The van der Waals surface area contributed by atoms with Crippen molar-refractivity contribution in [3.63, 3.8) is 0 Å². The number of hydrogen-bond donors (Lipinski definition) is 0. The Morgan fingerprint density at radius 2 is 2.15 bits per heavy atom. The molecule has 4 rings (SSSR count). The molecule has 1 aliphatic heterocycles. The van der Waals surface area contributed by atoms with Gasteiger partial charge >= 0.3 is 0 Å². The third-order valence-electron chi connectivity index (χ3n) is 4.00. The first-order valence-electron chi connectivity index (χ1n) is 8.55. The van der Waals surface area contributed by atoms with E-state index in [4.69, 9.17) is 25.5 Å². The van der Waals surface area contributed by atoms with E-state index in [1.165, 1.54) is 0 Å². The lowest BCUT2D eigenvalue weighted by molar-refractivity contribution is 0.297. The van der Waals surface area contributed by atoms with Crippen LogP contribution in [-0.2, 0) is 12.3 Å². The van der Waals surface area contributed by atoms with E-state index in [2.05, 4.69) is 16.8 Å². The van der Waals surface area contributed by atoms with Crippen LogP contribution >= 0.6 is 23.4 Å². The first-order valence-corrected chi connectivity index (χ1v) is 9.91. The van der Waals surface area contributed by atoms with E-state index in [0.717, 1.165) is 17.1 Å². The van der Waals surface area contributed by atoms with Gasteiger partial charge in [0.25, 0.3) is 0 Å². The molecule has 3 heterocycles. The highest BCUT2D eigenvalue weighted by atomic mass is 35.5. The van der Waals surface area contributed by atoms with Gasteiger partial charge in [0.15, 0.2) is 22.4 Å². The monoisotopic (exact) mass is 403 g/mol. The molecule has 0 aliphatic carbocycles. The van der Waals surface area contributed by atoms with Crippen molar-refractivity contribution < 1.29 is 13.9 Å². The topological polar surface area (TPSA) is 62.3 Å². The lowest BCUT2D eigenvalue weighted by Crippen LogP contribution is -2.00. The van der Waals surface area contributed by atoms with Gasteiger partial charge in [-0.1, -0.05) is 29.4 Å². The fourth-order valence-electron chi connectivity index (χ4n) is 2.79. The molecule has 3 aromatic rings. The molecular weight excluding hydrogens is 386 g/mol. The van der Waals surface area contributed by atoms with Crippen molar-refractivity contribution in [3.05, 3.63) is 53.8 Å². The normalized spacial score (nSPS) is 13.4. The summed E-state index contributed by atoms with van der Waals surface area (Å²) in [5, 5.41) is 9.93. The Hall–Kier alpha value is -2.38. The van der Waals surface area contributed by atoms with Gasteiger partial charge in [-0.15, -0.1) is 16.8 Å². The molecule has 0 atom stereocenters. The molecular formula is C19H18ClN3O3S. The van der Waals surface area contributed by atoms with Crippen molar-refractivity contribution in [2.75, 3.05) is 13.2 Å². The molecule has 6 nitrogen and oxygen atoms in total. The minimum Gasteiger partial charge on any atom is -0.489 e. The number of halogens is 1. The number of hydrogen-bond acceptors (Lipinski definition) is 6. The average molecular weight is 404 g/mol. The highest BCUT2D eigenvalue weighted by Gasteiger charge is 2.18. The second-order valence-corrected chi connectivity index (χ2v) is 7.28. The molecule has 0 amide bonds. The lowest BCUT2D eigenvalue weighted by atomic mass is 10.2. The summed E-state index contributed by atoms with van der Waals surface area (Å²) in [6.07, 6.45) is 4.27. The van der Waals surface area contributed by atoms with E-state index in [-0.39, 0.29) is 0 Å². The van der Waals surface area contributed by atoms with Crippen LogP contribution in [-0.4, -0.2) is 28.0 Å². The van der Waals surface area contributed by atoms with Crippen LogP contribution < -0.4 is 9.47 Å². The van der Waals surface area contributed by atoms with E-state index in [1.807, 2.05) is 34.9 Å². The minimum atomic E-state index is 0.564. The quantitative estimate of drug-likeness (QED) is 0.434. The van der Waals surface area contributed by atoms with Crippen LogP contribution in [0.5, 0.6) is 11.5 Å². The van der Waals surface area contributed by atoms with Crippen LogP contribution in [0.4, 0.5) is 0 Å². The van der Waals surface area contributed by atoms with Crippen molar-refractivity contribution in [3.8, 4) is 23.1 Å². The predicted octanol–water partition coefficient (Wildman–Crippen LogP) is 4.83.